The van der Waals surface area contributed by atoms with E-state index in [-0.39, 0.29) is 29.1 Å². The second-order valence-corrected chi connectivity index (χ2v) is 3.68. The topological polar surface area (TPSA) is 57.5 Å². The Labute approximate surface area is 104 Å². The summed E-state index contributed by atoms with van der Waals surface area (Å²) in [5.41, 5.74) is 0. The van der Waals surface area contributed by atoms with Gasteiger partial charge in [0.25, 0.3) is 0 Å². The van der Waals surface area contributed by atoms with Gasteiger partial charge in [0.1, 0.15) is 0 Å². The summed E-state index contributed by atoms with van der Waals surface area (Å²) in [6, 6.07) is 0. The van der Waals surface area contributed by atoms with Crippen LogP contribution in [0.15, 0.2) is 0 Å². The predicted molar refractivity (Wildman–Crippen MR) is 58.3 cm³/mol. The standard InChI is InChI=1S/C8H16O2.C3H8O.Fe/c1-3-5-6-7(4-2)8(9)10;1-3(2)4;/h7H,3-6H2,1-2H3,(H,9,10);3-4H,1-2H3;. The average Bonchev–Trinajstić information content (AvgIpc) is 2.04. The zero-order valence-electron chi connectivity index (χ0n) is 10.1. The number of unbranched alkanes of at least 4 members (excludes halogenated alkanes) is 1. The van der Waals surface area contributed by atoms with E-state index in [4.69, 9.17) is 10.2 Å². The van der Waals surface area contributed by atoms with Gasteiger partial charge in [-0.1, -0.05) is 26.7 Å². The van der Waals surface area contributed by atoms with Crippen molar-refractivity contribution in [3.05, 3.63) is 0 Å². The molecular formula is C11H24FeO3. The fourth-order valence-electron chi connectivity index (χ4n) is 0.953. The molecule has 0 saturated heterocycles. The largest absolute Gasteiger partial charge is 0.481 e. The molecule has 0 aromatic heterocycles. The molecule has 0 radical (unpaired) electrons. The van der Waals surface area contributed by atoms with Gasteiger partial charge in [-0.2, -0.15) is 0 Å². The van der Waals surface area contributed by atoms with Crippen molar-refractivity contribution in [2.45, 2.75) is 59.5 Å². The van der Waals surface area contributed by atoms with Gasteiger partial charge < -0.3 is 10.2 Å². The molecule has 0 amide bonds. The maximum atomic E-state index is 10.4. The third-order valence-electron chi connectivity index (χ3n) is 1.75. The van der Waals surface area contributed by atoms with Crippen LogP contribution in [-0.2, 0) is 21.9 Å². The molecule has 0 bridgehead atoms. The molecule has 0 rings (SSSR count). The van der Waals surface area contributed by atoms with Crippen LogP contribution in [0.4, 0.5) is 0 Å². The molecule has 0 aromatic rings. The quantitative estimate of drug-likeness (QED) is 0.747. The minimum atomic E-state index is -0.643. The Morgan fingerprint density at radius 3 is 1.87 bits per heavy atom. The van der Waals surface area contributed by atoms with Crippen LogP contribution < -0.4 is 0 Å². The van der Waals surface area contributed by atoms with Gasteiger partial charge in [0, 0.05) is 23.2 Å². The Morgan fingerprint density at radius 2 is 1.67 bits per heavy atom. The monoisotopic (exact) mass is 260 g/mol. The number of aliphatic hydroxyl groups excluding tert-OH is 1. The first kappa shape index (κ1) is 20.4. The summed E-state index contributed by atoms with van der Waals surface area (Å²) in [4.78, 5) is 10.4. The first-order valence-electron chi connectivity index (χ1n) is 5.36. The van der Waals surface area contributed by atoms with Crippen LogP contribution in [0.25, 0.3) is 0 Å². The fraction of sp³-hybridized carbons (Fsp3) is 0.909. The van der Waals surface area contributed by atoms with Gasteiger partial charge in [-0.25, -0.2) is 0 Å². The van der Waals surface area contributed by atoms with Crippen molar-refractivity contribution in [1.29, 1.82) is 0 Å². The molecule has 1 atom stereocenters. The van der Waals surface area contributed by atoms with E-state index in [9.17, 15) is 4.79 Å². The summed E-state index contributed by atoms with van der Waals surface area (Å²) in [5.74, 6) is -0.754. The number of hydrogen-bond donors (Lipinski definition) is 2. The fourth-order valence-corrected chi connectivity index (χ4v) is 0.953. The molecular weight excluding hydrogens is 236 g/mol. The molecule has 0 saturated carbocycles. The number of aliphatic carboxylic acids is 1. The van der Waals surface area contributed by atoms with E-state index in [0.717, 1.165) is 25.7 Å². The summed E-state index contributed by atoms with van der Waals surface area (Å²) < 4.78 is 0. The first-order chi connectivity index (χ1) is 6.45. The minimum Gasteiger partial charge on any atom is -0.481 e. The summed E-state index contributed by atoms with van der Waals surface area (Å²) in [6.07, 6.45) is 3.55. The Balaban J connectivity index is -0.000000249. The van der Waals surface area contributed by atoms with Crippen LogP contribution in [-0.4, -0.2) is 22.3 Å². The van der Waals surface area contributed by atoms with Crippen LogP contribution in [0.1, 0.15) is 53.4 Å². The van der Waals surface area contributed by atoms with Crippen molar-refractivity contribution in [3.8, 4) is 0 Å². The van der Waals surface area contributed by atoms with E-state index in [1.165, 1.54) is 0 Å². The van der Waals surface area contributed by atoms with Crippen molar-refractivity contribution in [2.24, 2.45) is 5.92 Å². The molecule has 4 heteroatoms. The van der Waals surface area contributed by atoms with E-state index < -0.39 is 5.97 Å². The number of carboxylic acid groups (broad SMARTS) is 1. The number of carbonyl (C=O) groups is 1. The summed E-state index contributed by atoms with van der Waals surface area (Å²) >= 11 is 0. The van der Waals surface area contributed by atoms with Crippen molar-refractivity contribution in [3.63, 3.8) is 0 Å². The van der Waals surface area contributed by atoms with Crippen molar-refractivity contribution in [1.82, 2.24) is 0 Å². The number of carboxylic acids is 1. The minimum absolute atomic E-state index is 0. The number of rotatable bonds is 5. The van der Waals surface area contributed by atoms with E-state index in [2.05, 4.69) is 6.92 Å². The van der Waals surface area contributed by atoms with Crippen molar-refractivity contribution < 1.29 is 32.1 Å². The zero-order valence-corrected chi connectivity index (χ0v) is 11.2. The van der Waals surface area contributed by atoms with E-state index >= 15 is 0 Å². The second-order valence-electron chi connectivity index (χ2n) is 3.68. The van der Waals surface area contributed by atoms with Crippen LogP contribution in [0.5, 0.6) is 0 Å². The third-order valence-corrected chi connectivity index (χ3v) is 1.75. The predicted octanol–water partition coefficient (Wildman–Crippen LogP) is 2.67. The summed E-state index contributed by atoms with van der Waals surface area (Å²) in [6.45, 7) is 7.45. The molecule has 0 aliphatic carbocycles. The van der Waals surface area contributed by atoms with Gasteiger partial charge in [-0.15, -0.1) is 0 Å². The zero-order chi connectivity index (χ0) is 11.6. The SMILES string of the molecule is CC(C)O.CCCCC(CC)C(=O)O.[Fe]. The molecule has 0 aliphatic rings. The summed E-state index contributed by atoms with van der Waals surface area (Å²) in [7, 11) is 0. The molecule has 0 heterocycles. The molecule has 0 spiro atoms. The molecule has 0 aromatic carbocycles. The maximum Gasteiger partial charge on any atom is 0.306 e. The molecule has 3 nitrogen and oxygen atoms in total. The van der Waals surface area contributed by atoms with Crippen LogP contribution >= 0.6 is 0 Å². The third kappa shape index (κ3) is 20.1. The average molecular weight is 260 g/mol. The number of hydrogen-bond acceptors (Lipinski definition) is 2. The normalized spacial score (nSPS) is 11.1. The Morgan fingerprint density at radius 1 is 1.27 bits per heavy atom. The molecule has 0 fully saturated rings. The molecule has 0 aliphatic heterocycles. The van der Waals surface area contributed by atoms with E-state index in [1.807, 2.05) is 6.92 Å². The van der Waals surface area contributed by atoms with E-state index in [1.54, 1.807) is 13.8 Å². The Hall–Kier alpha value is -0.0505. The van der Waals surface area contributed by atoms with Crippen LogP contribution in [0.2, 0.25) is 0 Å². The van der Waals surface area contributed by atoms with Gasteiger partial charge in [0.05, 0.1) is 5.92 Å². The van der Waals surface area contributed by atoms with Crippen LogP contribution in [0, 0.1) is 5.92 Å². The second kappa shape index (κ2) is 13.9. The van der Waals surface area contributed by atoms with Gasteiger partial charge in [-0.05, 0) is 26.7 Å². The van der Waals surface area contributed by atoms with Crippen LogP contribution in [0.3, 0.4) is 0 Å². The van der Waals surface area contributed by atoms with Crippen molar-refractivity contribution in [2.75, 3.05) is 0 Å². The van der Waals surface area contributed by atoms with Crippen molar-refractivity contribution >= 4 is 5.97 Å². The maximum absolute atomic E-state index is 10.4. The van der Waals surface area contributed by atoms with Gasteiger partial charge >= 0.3 is 5.97 Å². The first-order valence-corrected chi connectivity index (χ1v) is 5.36. The van der Waals surface area contributed by atoms with Gasteiger partial charge in [0.15, 0.2) is 0 Å². The molecule has 94 valence electrons. The summed E-state index contributed by atoms with van der Waals surface area (Å²) in [5, 5.41) is 16.7. The number of aliphatic hydroxyl groups is 1. The molecule has 1 unspecified atom stereocenters. The van der Waals surface area contributed by atoms with Gasteiger partial charge in [0.2, 0.25) is 0 Å². The van der Waals surface area contributed by atoms with Gasteiger partial charge in [-0.3, -0.25) is 4.79 Å². The smallest absolute Gasteiger partial charge is 0.306 e. The molecule has 15 heavy (non-hydrogen) atoms. The Kier molecular flexibility index (Phi) is 18.9. The molecule has 2 N–H and O–H groups in total. The Bertz CT molecular complexity index is 135. The van der Waals surface area contributed by atoms with E-state index in [0.29, 0.717) is 0 Å².